The van der Waals surface area contributed by atoms with Crippen molar-refractivity contribution in [2.75, 3.05) is 13.2 Å². The lowest BCUT2D eigenvalue weighted by Gasteiger charge is -2.09. The molecule has 0 aromatic heterocycles. The molecule has 126 valence electrons. The summed E-state index contributed by atoms with van der Waals surface area (Å²) in [5.41, 5.74) is 0.811. The highest BCUT2D eigenvalue weighted by Gasteiger charge is 2.08. The van der Waals surface area contributed by atoms with Gasteiger partial charge in [-0.05, 0) is 30.2 Å². The second-order valence-electron chi connectivity index (χ2n) is 4.85. The average molecular weight is 369 g/mol. The van der Waals surface area contributed by atoms with Gasteiger partial charge in [-0.2, -0.15) is 0 Å². The van der Waals surface area contributed by atoms with Crippen LogP contribution in [0, 0.1) is 10.1 Å². The summed E-state index contributed by atoms with van der Waals surface area (Å²) >= 11 is 12.0. The minimum Gasteiger partial charge on any atom is -0.484 e. The van der Waals surface area contributed by atoms with Gasteiger partial charge in [0.25, 0.3) is 11.6 Å². The summed E-state index contributed by atoms with van der Waals surface area (Å²) in [5.74, 6) is 0.0835. The number of non-ortho nitro benzene ring substituents is 1. The van der Waals surface area contributed by atoms with Crippen LogP contribution in [-0.2, 0) is 11.2 Å². The maximum absolute atomic E-state index is 11.7. The number of hydrogen-bond donors (Lipinski definition) is 1. The largest absolute Gasteiger partial charge is 0.484 e. The highest BCUT2D eigenvalue weighted by molar-refractivity contribution is 6.42. The van der Waals surface area contributed by atoms with Crippen LogP contribution in [-0.4, -0.2) is 24.0 Å². The Morgan fingerprint density at radius 2 is 1.88 bits per heavy atom. The van der Waals surface area contributed by atoms with Crippen molar-refractivity contribution in [3.8, 4) is 5.75 Å². The van der Waals surface area contributed by atoms with Gasteiger partial charge in [-0.15, -0.1) is 0 Å². The summed E-state index contributed by atoms with van der Waals surface area (Å²) < 4.78 is 5.27. The topological polar surface area (TPSA) is 81.5 Å². The van der Waals surface area contributed by atoms with Crippen molar-refractivity contribution in [3.05, 3.63) is 68.2 Å². The van der Waals surface area contributed by atoms with E-state index in [4.69, 9.17) is 27.9 Å². The van der Waals surface area contributed by atoms with E-state index in [1.54, 1.807) is 12.1 Å². The van der Waals surface area contributed by atoms with E-state index < -0.39 is 4.92 Å². The third-order valence-corrected chi connectivity index (χ3v) is 4.02. The Morgan fingerprint density at radius 1 is 1.17 bits per heavy atom. The molecule has 2 aromatic rings. The minimum absolute atomic E-state index is 0.0368. The van der Waals surface area contributed by atoms with Gasteiger partial charge in [0, 0.05) is 18.7 Å². The predicted octanol–water partition coefficient (Wildman–Crippen LogP) is 3.64. The predicted molar refractivity (Wildman–Crippen MR) is 91.8 cm³/mol. The van der Waals surface area contributed by atoms with E-state index in [1.165, 1.54) is 24.3 Å². The van der Waals surface area contributed by atoms with Gasteiger partial charge >= 0.3 is 0 Å². The Labute approximate surface area is 148 Å². The van der Waals surface area contributed by atoms with E-state index in [0.29, 0.717) is 28.8 Å². The monoisotopic (exact) mass is 368 g/mol. The summed E-state index contributed by atoms with van der Waals surface area (Å²) in [5, 5.41) is 14.2. The molecule has 24 heavy (non-hydrogen) atoms. The van der Waals surface area contributed by atoms with Gasteiger partial charge in [0.1, 0.15) is 5.75 Å². The van der Waals surface area contributed by atoms with Gasteiger partial charge in [0.05, 0.1) is 15.0 Å². The third-order valence-electron chi connectivity index (χ3n) is 3.17. The van der Waals surface area contributed by atoms with Crippen LogP contribution in [0.3, 0.4) is 0 Å². The molecule has 0 heterocycles. The van der Waals surface area contributed by atoms with Crippen LogP contribution in [0.5, 0.6) is 5.75 Å². The number of nitro benzene ring substituents is 1. The number of nitro groups is 1. The van der Waals surface area contributed by atoms with E-state index in [2.05, 4.69) is 5.32 Å². The molecule has 0 radical (unpaired) electrons. The minimum atomic E-state index is -0.503. The zero-order valence-electron chi connectivity index (χ0n) is 12.5. The average Bonchev–Trinajstić information content (AvgIpc) is 2.57. The summed E-state index contributed by atoms with van der Waals surface area (Å²) in [7, 11) is 0. The van der Waals surface area contributed by atoms with Crippen molar-refractivity contribution in [1.29, 1.82) is 0 Å². The van der Waals surface area contributed by atoms with E-state index in [-0.39, 0.29) is 18.2 Å². The number of benzene rings is 2. The highest BCUT2D eigenvalue weighted by Crippen LogP contribution is 2.25. The Balaban J connectivity index is 1.75. The van der Waals surface area contributed by atoms with Crippen LogP contribution in [0.2, 0.25) is 10.0 Å². The van der Waals surface area contributed by atoms with E-state index in [9.17, 15) is 14.9 Å². The molecule has 0 aliphatic rings. The second-order valence-corrected chi connectivity index (χ2v) is 5.64. The first-order valence-corrected chi connectivity index (χ1v) is 7.80. The van der Waals surface area contributed by atoms with E-state index >= 15 is 0 Å². The van der Waals surface area contributed by atoms with Crippen molar-refractivity contribution in [1.82, 2.24) is 5.32 Å². The lowest BCUT2D eigenvalue weighted by atomic mass is 10.1. The van der Waals surface area contributed by atoms with Gasteiger partial charge in [-0.1, -0.05) is 35.3 Å². The molecular formula is C16H14Cl2N2O4. The molecule has 0 atom stereocenters. The van der Waals surface area contributed by atoms with Crippen molar-refractivity contribution < 1.29 is 14.5 Å². The number of nitrogens with one attached hydrogen (secondary N) is 1. The quantitative estimate of drug-likeness (QED) is 0.597. The van der Waals surface area contributed by atoms with Crippen LogP contribution < -0.4 is 10.1 Å². The molecule has 0 aliphatic heterocycles. The van der Waals surface area contributed by atoms with Gasteiger partial charge in [-0.25, -0.2) is 0 Å². The standard InChI is InChI=1S/C16H14Cl2N2O4/c17-14-3-1-2-11(16(14)18)8-9-19-15(21)10-24-13-6-4-12(5-7-13)20(22)23/h1-7H,8-10H2,(H,19,21). The van der Waals surface area contributed by atoms with Crippen molar-refractivity contribution in [2.24, 2.45) is 0 Å². The molecule has 0 aliphatic carbocycles. The Hall–Kier alpha value is -2.31. The molecule has 8 heteroatoms. The number of amides is 1. The van der Waals surface area contributed by atoms with Crippen LogP contribution >= 0.6 is 23.2 Å². The number of hydrogen-bond acceptors (Lipinski definition) is 4. The number of ether oxygens (including phenoxy) is 1. The Kier molecular flexibility index (Phi) is 6.40. The SMILES string of the molecule is O=C(COc1ccc([N+](=O)[O-])cc1)NCCc1cccc(Cl)c1Cl. The van der Waals surface area contributed by atoms with E-state index in [1.807, 2.05) is 6.07 Å². The third kappa shape index (κ3) is 5.11. The molecule has 0 fully saturated rings. The van der Waals surface area contributed by atoms with Crippen molar-refractivity contribution in [3.63, 3.8) is 0 Å². The van der Waals surface area contributed by atoms with Crippen LogP contribution in [0.25, 0.3) is 0 Å². The smallest absolute Gasteiger partial charge is 0.269 e. The van der Waals surface area contributed by atoms with Crippen molar-refractivity contribution in [2.45, 2.75) is 6.42 Å². The number of carbonyl (C=O) groups excluding carboxylic acids is 1. The van der Waals surface area contributed by atoms with Gasteiger partial charge in [0.15, 0.2) is 6.61 Å². The van der Waals surface area contributed by atoms with Crippen molar-refractivity contribution >= 4 is 34.8 Å². The number of rotatable bonds is 7. The molecule has 2 aromatic carbocycles. The Bertz CT molecular complexity index is 735. The van der Waals surface area contributed by atoms with Gasteiger partial charge in [0.2, 0.25) is 0 Å². The molecule has 1 amide bonds. The normalized spacial score (nSPS) is 10.2. The summed E-state index contributed by atoms with van der Waals surface area (Å²) in [4.78, 5) is 21.8. The second kappa shape index (κ2) is 8.52. The molecule has 0 saturated carbocycles. The number of nitrogens with zero attached hydrogens (tertiary/aromatic N) is 1. The fourth-order valence-electron chi connectivity index (χ4n) is 1.94. The first-order valence-electron chi connectivity index (χ1n) is 7.04. The Morgan fingerprint density at radius 3 is 2.54 bits per heavy atom. The number of carbonyl (C=O) groups is 1. The molecule has 6 nitrogen and oxygen atoms in total. The fourth-order valence-corrected chi connectivity index (χ4v) is 2.36. The zero-order chi connectivity index (χ0) is 17.5. The molecule has 0 spiro atoms. The van der Waals surface area contributed by atoms with Gasteiger partial charge in [-0.3, -0.25) is 14.9 Å². The molecule has 2 rings (SSSR count). The molecule has 1 N–H and O–H groups in total. The fraction of sp³-hybridized carbons (Fsp3) is 0.188. The van der Waals surface area contributed by atoms with Gasteiger partial charge < -0.3 is 10.1 Å². The molecule has 0 saturated heterocycles. The summed E-state index contributed by atoms with van der Waals surface area (Å²) in [6, 6.07) is 10.8. The molecular weight excluding hydrogens is 355 g/mol. The maximum Gasteiger partial charge on any atom is 0.269 e. The molecule has 0 bridgehead atoms. The van der Waals surface area contributed by atoms with Crippen LogP contribution in [0.15, 0.2) is 42.5 Å². The number of halogens is 2. The maximum atomic E-state index is 11.7. The lowest BCUT2D eigenvalue weighted by Crippen LogP contribution is -2.30. The lowest BCUT2D eigenvalue weighted by molar-refractivity contribution is -0.384. The first-order chi connectivity index (χ1) is 11.5. The summed E-state index contributed by atoms with van der Waals surface area (Å²) in [6.45, 7) is 0.212. The zero-order valence-corrected chi connectivity index (χ0v) is 14.0. The van der Waals surface area contributed by atoms with E-state index in [0.717, 1.165) is 5.56 Å². The first kappa shape index (κ1) is 18.0. The summed E-state index contributed by atoms with van der Waals surface area (Å²) in [6.07, 6.45) is 0.544. The molecule has 0 unspecified atom stereocenters. The highest BCUT2D eigenvalue weighted by atomic mass is 35.5. The van der Waals surface area contributed by atoms with Crippen LogP contribution in [0.1, 0.15) is 5.56 Å². The van der Waals surface area contributed by atoms with Crippen LogP contribution in [0.4, 0.5) is 5.69 Å².